The Balaban J connectivity index is 2.20. The zero-order valence-electron chi connectivity index (χ0n) is 13.3. The minimum Gasteiger partial charge on any atom is -0.465 e. The summed E-state index contributed by atoms with van der Waals surface area (Å²) < 4.78 is 17.3. The summed E-state index contributed by atoms with van der Waals surface area (Å²) in [7, 11) is -0.139. The molecule has 3 N–H and O–H groups in total. The molecule has 0 heterocycles. The van der Waals surface area contributed by atoms with E-state index in [4.69, 9.17) is 5.73 Å². The van der Waals surface area contributed by atoms with Crippen molar-refractivity contribution in [1.82, 2.24) is 0 Å². The van der Waals surface area contributed by atoms with E-state index in [0.717, 1.165) is 0 Å². The first-order valence-electron chi connectivity index (χ1n) is 7.19. The fourth-order valence-corrected chi connectivity index (χ4v) is 3.01. The topological polar surface area (TPSA) is 98.5 Å². The van der Waals surface area contributed by atoms with Crippen LogP contribution in [0, 0.1) is 0 Å². The molecule has 1 amide bonds. The number of methoxy groups -OCH3 is 1. The highest BCUT2D eigenvalue weighted by Crippen LogP contribution is 2.20. The lowest BCUT2D eigenvalue weighted by Gasteiger charge is -2.09. The SMILES string of the molecule is COC(=O)c1ccc(S(=O)c2cccc(NC(=O)C(C)N)c2)cc1. The van der Waals surface area contributed by atoms with Crippen molar-refractivity contribution in [3.05, 3.63) is 54.1 Å². The first kappa shape index (κ1) is 17.8. The zero-order valence-corrected chi connectivity index (χ0v) is 14.1. The predicted molar refractivity (Wildman–Crippen MR) is 91.2 cm³/mol. The monoisotopic (exact) mass is 346 g/mol. The van der Waals surface area contributed by atoms with Gasteiger partial charge in [0.25, 0.3) is 0 Å². The third-order valence-electron chi connectivity index (χ3n) is 3.22. The number of nitrogens with one attached hydrogen (secondary N) is 1. The van der Waals surface area contributed by atoms with Crippen LogP contribution >= 0.6 is 0 Å². The second-order valence-electron chi connectivity index (χ2n) is 5.09. The first-order valence-corrected chi connectivity index (χ1v) is 8.34. The van der Waals surface area contributed by atoms with Gasteiger partial charge in [-0.25, -0.2) is 9.00 Å². The Morgan fingerprint density at radius 1 is 1.12 bits per heavy atom. The second-order valence-corrected chi connectivity index (χ2v) is 6.57. The van der Waals surface area contributed by atoms with Crippen LogP contribution in [0.15, 0.2) is 58.3 Å². The lowest BCUT2D eigenvalue weighted by molar-refractivity contribution is -0.117. The number of nitrogens with two attached hydrogens (primary N) is 1. The van der Waals surface area contributed by atoms with Gasteiger partial charge < -0.3 is 15.8 Å². The van der Waals surface area contributed by atoms with E-state index >= 15 is 0 Å². The molecule has 0 spiro atoms. The molecule has 2 rings (SSSR count). The molecule has 24 heavy (non-hydrogen) atoms. The number of ether oxygens (including phenoxy) is 1. The van der Waals surface area contributed by atoms with Gasteiger partial charge in [-0.15, -0.1) is 0 Å². The van der Waals surface area contributed by atoms with Crippen LogP contribution in [-0.4, -0.2) is 29.2 Å². The average molecular weight is 346 g/mol. The van der Waals surface area contributed by atoms with Gasteiger partial charge in [0.15, 0.2) is 0 Å². The van der Waals surface area contributed by atoms with Crippen LogP contribution in [0.5, 0.6) is 0 Å². The Morgan fingerprint density at radius 3 is 2.38 bits per heavy atom. The molecule has 126 valence electrons. The van der Waals surface area contributed by atoms with Gasteiger partial charge >= 0.3 is 5.97 Å². The van der Waals surface area contributed by atoms with Crippen molar-refractivity contribution in [2.24, 2.45) is 5.73 Å². The van der Waals surface area contributed by atoms with E-state index < -0.39 is 22.8 Å². The average Bonchev–Trinajstić information content (AvgIpc) is 2.60. The van der Waals surface area contributed by atoms with Crippen LogP contribution in [0.2, 0.25) is 0 Å². The molecular formula is C17H18N2O4S. The zero-order chi connectivity index (χ0) is 17.7. The summed E-state index contributed by atoms with van der Waals surface area (Å²) in [6.45, 7) is 1.58. The number of rotatable bonds is 5. The van der Waals surface area contributed by atoms with Crippen molar-refractivity contribution < 1.29 is 18.5 Å². The molecule has 6 nitrogen and oxygen atoms in total. The lowest BCUT2D eigenvalue weighted by atomic mass is 10.2. The van der Waals surface area contributed by atoms with Crippen molar-refractivity contribution >= 4 is 28.4 Å². The maximum absolute atomic E-state index is 12.6. The molecular weight excluding hydrogens is 328 g/mol. The summed E-state index contributed by atoms with van der Waals surface area (Å²) >= 11 is 0. The summed E-state index contributed by atoms with van der Waals surface area (Å²) in [6, 6.07) is 12.4. The van der Waals surface area contributed by atoms with Gasteiger partial charge in [0.05, 0.1) is 29.5 Å². The lowest BCUT2D eigenvalue weighted by Crippen LogP contribution is -2.32. The van der Waals surface area contributed by atoms with Gasteiger partial charge in [-0.1, -0.05) is 6.07 Å². The molecule has 0 bridgehead atoms. The van der Waals surface area contributed by atoms with E-state index in [-0.39, 0.29) is 5.91 Å². The van der Waals surface area contributed by atoms with Crippen molar-refractivity contribution in [2.45, 2.75) is 22.8 Å². The van der Waals surface area contributed by atoms with Crippen molar-refractivity contribution in [1.29, 1.82) is 0 Å². The van der Waals surface area contributed by atoms with Crippen LogP contribution in [0.4, 0.5) is 5.69 Å². The summed E-state index contributed by atoms with van der Waals surface area (Å²) in [5, 5.41) is 2.66. The molecule has 7 heteroatoms. The quantitative estimate of drug-likeness (QED) is 0.806. The molecule has 0 aliphatic heterocycles. The molecule has 0 aliphatic carbocycles. The maximum atomic E-state index is 12.6. The van der Waals surface area contributed by atoms with Crippen molar-refractivity contribution in [2.75, 3.05) is 12.4 Å². The van der Waals surface area contributed by atoms with Crippen LogP contribution < -0.4 is 11.1 Å². The van der Waals surface area contributed by atoms with E-state index in [1.807, 2.05) is 0 Å². The molecule has 2 atom stereocenters. The van der Waals surface area contributed by atoms with E-state index in [0.29, 0.717) is 21.0 Å². The van der Waals surface area contributed by atoms with Gasteiger partial charge in [-0.2, -0.15) is 0 Å². The number of benzene rings is 2. The highest BCUT2D eigenvalue weighted by molar-refractivity contribution is 7.85. The minimum absolute atomic E-state index is 0.319. The Hall–Kier alpha value is -2.51. The standard InChI is InChI=1S/C17H18N2O4S/c1-11(18)16(20)19-13-4-3-5-15(10-13)24(22)14-8-6-12(7-9-14)17(21)23-2/h3-11H,18H2,1-2H3,(H,19,20). The van der Waals surface area contributed by atoms with Gasteiger partial charge in [-0.05, 0) is 49.4 Å². The highest BCUT2D eigenvalue weighted by Gasteiger charge is 2.12. The van der Waals surface area contributed by atoms with Crippen LogP contribution in [0.3, 0.4) is 0 Å². The third kappa shape index (κ3) is 4.27. The second kappa shape index (κ2) is 7.85. The number of anilines is 1. The largest absolute Gasteiger partial charge is 0.465 e. The molecule has 0 aliphatic rings. The van der Waals surface area contributed by atoms with Gasteiger partial charge in [0, 0.05) is 15.5 Å². The van der Waals surface area contributed by atoms with Crippen LogP contribution in [-0.2, 0) is 20.3 Å². The number of amides is 1. The fraction of sp³-hybridized carbons (Fsp3) is 0.176. The number of hydrogen-bond acceptors (Lipinski definition) is 5. The summed E-state index contributed by atoms with van der Waals surface area (Å²) in [5.74, 6) is -0.770. The number of carbonyl (C=O) groups excluding carboxylic acids is 2. The molecule has 0 aromatic heterocycles. The molecule has 0 fully saturated rings. The number of esters is 1. The van der Waals surface area contributed by atoms with Gasteiger partial charge in [-0.3, -0.25) is 4.79 Å². The molecule has 2 aromatic rings. The molecule has 0 saturated heterocycles. The summed E-state index contributed by atoms with van der Waals surface area (Å²) in [5.41, 5.74) is 6.42. The van der Waals surface area contributed by atoms with Crippen LogP contribution in [0.25, 0.3) is 0 Å². The highest BCUT2D eigenvalue weighted by atomic mass is 32.2. The van der Waals surface area contributed by atoms with Crippen molar-refractivity contribution in [3.8, 4) is 0 Å². The maximum Gasteiger partial charge on any atom is 0.337 e. The molecule has 0 radical (unpaired) electrons. The van der Waals surface area contributed by atoms with E-state index in [2.05, 4.69) is 10.1 Å². The fourth-order valence-electron chi connectivity index (χ4n) is 1.91. The smallest absolute Gasteiger partial charge is 0.337 e. The predicted octanol–water partition coefficient (Wildman–Crippen LogP) is 1.93. The van der Waals surface area contributed by atoms with Crippen molar-refractivity contribution in [3.63, 3.8) is 0 Å². The van der Waals surface area contributed by atoms with E-state index in [9.17, 15) is 13.8 Å². The van der Waals surface area contributed by atoms with Gasteiger partial charge in [0.2, 0.25) is 5.91 Å². The first-order chi connectivity index (χ1) is 11.4. The van der Waals surface area contributed by atoms with Crippen LogP contribution in [0.1, 0.15) is 17.3 Å². The molecule has 2 unspecified atom stereocenters. The Labute approximate surface area is 142 Å². The Bertz CT molecular complexity index is 772. The third-order valence-corrected chi connectivity index (χ3v) is 4.60. The molecule has 2 aromatic carbocycles. The normalized spacial score (nSPS) is 13.0. The number of carbonyl (C=O) groups is 2. The number of hydrogen-bond donors (Lipinski definition) is 2. The van der Waals surface area contributed by atoms with Gasteiger partial charge in [0.1, 0.15) is 0 Å². The Kier molecular flexibility index (Phi) is 5.83. The summed E-state index contributed by atoms with van der Waals surface area (Å²) in [6.07, 6.45) is 0. The van der Waals surface area contributed by atoms with E-state index in [1.165, 1.54) is 7.11 Å². The molecule has 0 saturated carbocycles. The summed E-state index contributed by atoms with van der Waals surface area (Å²) in [4.78, 5) is 24.1. The minimum atomic E-state index is -1.44. The Morgan fingerprint density at radius 2 is 1.79 bits per heavy atom. The van der Waals surface area contributed by atoms with E-state index in [1.54, 1.807) is 55.5 Å².